The molecular formula is C18H21N5O3. The number of carbonyl (C=O) groups excluding carboxylic acids is 2. The lowest BCUT2D eigenvalue weighted by molar-refractivity contribution is -0.114. The van der Waals surface area contributed by atoms with E-state index in [-0.39, 0.29) is 23.6 Å². The molecule has 3 N–H and O–H groups in total. The monoisotopic (exact) mass is 355 g/mol. The van der Waals surface area contributed by atoms with Crippen LogP contribution in [0.3, 0.4) is 0 Å². The average Bonchev–Trinajstić information content (AvgIpc) is 3.15. The minimum absolute atomic E-state index is 0.0838. The number of rotatable bonds is 6. The van der Waals surface area contributed by atoms with Crippen molar-refractivity contribution >= 4 is 29.0 Å². The molecule has 1 aromatic carbocycles. The first-order valence-corrected chi connectivity index (χ1v) is 8.47. The van der Waals surface area contributed by atoms with Gasteiger partial charge in [0, 0.05) is 37.5 Å². The van der Waals surface area contributed by atoms with Crippen LogP contribution >= 0.6 is 0 Å². The van der Waals surface area contributed by atoms with Crippen molar-refractivity contribution in [3.05, 3.63) is 42.4 Å². The summed E-state index contributed by atoms with van der Waals surface area (Å²) < 4.78 is 5.49. The van der Waals surface area contributed by atoms with Crippen molar-refractivity contribution < 1.29 is 14.3 Å². The average molecular weight is 355 g/mol. The molecule has 8 heteroatoms. The molecule has 2 aromatic rings. The molecule has 1 atom stereocenters. The molecule has 3 rings (SSSR count). The van der Waals surface area contributed by atoms with E-state index in [4.69, 9.17) is 4.74 Å². The number of aromatic nitrogens is 2. The van der Waals surface area contributed by atoms with Gasteiger partial charge in [-0.1, -0.05) is 0 Å². The molecule has 1 aromatic heterocycles. The summed E-state index contributed by atoms with van der Waals surface area (Å²) in [5.74, 6) is 0.127. The number of ether oxygens (including phenoxy) is 1. The van der Waals surface area contributed by atoms with Gasteiger partial charge in [-0.05, 0) is 37.1 Å². The molecule has 1 aliphatic heterocycles. The normalized spacial score (nSPS) is 16.1. The van der Waals surface area contributed by atoms with Crippen LogP contribution in [-0.4, -0.2) is 41.0 Å². The highest BCUT2D eigenvalue weighted by atomic mass is 16.5. The van der Waals surface area contributed by atoms with E-state index >= 15 is 0 Å². The highest BCUT2D eigenvalue weighted by molar-refractivity contribution is 5.93. The van der Waals surface area contributed by atoms with Gasteiger partial charge in [-0.15, -0.1) is 0 Å². The van der Waals surface area contributed by atoms with Gasteiger partial charge in [-0.3, -0.25) is 9.59 Å². The molecule has 8 nitrogen and oxygen atoms in total. The second-order valence-corrected chi connectivity index (χ2v) is 6.02. The summed E-state index contributed by atoms with van der Waals surface area (Å²) >= 11 is 0. The number of hydrogen-bond donors (Lipinski definition) is 3. The standard InChI is InChI=1S/C18H21N5O3/c1-12(24)22-13-4-6-14(7-5-13)23-17-9-16(20-11-21-17)18(25)19-10-15-3-2-8-26-15/h4-7,9,11,15H,2-3,8,10H2,1H3,(H,19,25)(H,22,24)(H,20,21,23). The summed E-state index contributed by atoms with van der Waals surface area (Å²) in [6.07, 6.45) is 3.42. The molecule has 1 saturated heterocycles. The lowest BCUT2D eigenvalue weighted by atomic mass is 10.2. The van der Waals surface area contributed by atoms with Crippen LogP contribution in [0.2, 0.25) is 0 Å². The lowest BCUT2D eigenvalue weighted by Crippen LogP contribution is -2.32. The number of carbonyl (C=O) groups is 2. The maximum Gasteiger partial charge on any atom is 0.270 e. The van der Waals surface area contributed by atoms with Gasteiger partial charge in [0.2, 0.25) is 5.91 Å². The van der Waals surface area contributed by atoms with E-state index in [0.29, 0.717) is 18.1 Å². The summed E-state index contributed by atoms with van der Waals surface area (Å²) in [7, 11) is 0. The third-order valence-corrected chi connectivity index (χ3v) is 3.89. The van der Waals surface area contributed by atoms with Gasteiger partial charge in [0.25, 0.3) is 5.91 Å². The van der Waals surface area contributed by atoms with Crippen molar-refractivity contribution in [3.63, 3.8) is 0 Å². The second-order valence-electron chi connectivity index (χ2n) is 6.02. The van der Waals surface area contributed by atoms with Crippen molar-refractivity contribution in [3.8, 4) is 0 Å². The first-order valence-electron chi connectivity index (χ1n) is 8.47. The summed E-state index contributed by atoms with van der Waals surface area (Å²) in [5.41, 5.74) is 1.78. The molecule has 1 aliphatic rings. The Morgan fingerprint density at radius 1 is 1.19 bits per heavy atom. The van der Waals surface area contributed by atoms with Crippen LogP contribution in [0, 0.1) is 0 Å². The van der Waals surface area contributed by atoms with Crippen LogP contribution in [0.4, 0.5) is 17.2 Å². The molecule has 2 amide bonds. The van der Waals surface area contributed by atoms with Gasteiger partial charge < -0.3 is 20.7 Å². The quantitative estimate of drug-likeness (QED) is 0.733. The number of anilines is 3. The zero-order valence-electron chi connectivity index (χ0n) is 14.5. The lowest BCUT2D eigenvalue weighted by Gasteiger charge is -2.11. The third-order valence-electron chi connectivity index (χ3n) is 3.89. The smallest absolute Gasteiger partial charge is 0.270 e. The number of benzene rings is 1. The van der Waals surface area contributed by atoms with Crippen LogP contribution in [0.1, 0.15) is 30.3 Å². The number of amides is 2. The molecular weight excluding hydrogens is 334 g/mol. The van der Waals surface area contributed by atoms with Crippen LogP contribution in [0.5, 0.6) is 0 Å². The summed E-state index contributed by atoms with van der Waals surface area (Å²) in [6.45, 7) is 2.69. The Kier molecular flexibility index (Phi) is 5.75. The highest BCUT2D eigenvalue weighted by Gasteiger charge is 2.17. The van der Waals surface area contributed by atoms with Crippen molar-refractivity contribution in [1.29, 1.82) is 0 Å². The first kappa shape index (κ1) is 17.8. The largest absolute Gasteiger partial charge is 0.376 e. The van der Waals surface area contributed by atoms with Crippen molar-refractivity contribution in [2.24, 2.45) is 0 Å². The van der Waals surface area contributed by atoms with E-state index in [1.54, 1.807) is 18.2 Å². The summed E-state index contributed by atoms with van der Waals surface area (Å²) in [4.78, 5) is 31.4. The van der Waals surface area contributed by atoms with E-state index in [1.807, 2.05) is 12.1 Å². The molecule has 26 heavy (non-hydrogen) atoms. The first-order chi connectivity index (χ1) is 12.6. The minimum Gasteiger partial charge on any atom is -0.376 e. The molecule has 0 bridgehead atoms. The van der Waals surface area contributed by atoms with E-state index in [9.17, 15) is 9.59 Å². The van der Waals surface area contributed by atoms with E-state index in [0.717, 1.165) is 25.1 Å². The Bertz CT molecular complexity index is 773. The molecule has 2 heterocycles. The zero-order valence-corrected chi connectivity index (χ0v) is 14.5. The van der Waals surface area contributed by atoms with Gasteiger partial charge in [-0.25, -0.2) is 9.97 Å². The van der Waals surface area contributed by atoms with Crippen molar-refractivity contribution in [2.45, 2.75) is 25.9 Å². The van der Waals surface area contributed by atoms with E-state index in [2.05, 4.69) is 25.9 Å². The van der Waals surface area contributed by atoms with Gasteiger partial charge in [0.1, 0.15) is 17.8 Å². The van der Waals surface area contributed by atoms with Crippen LogP contribution in [-0.2, 0) is 9.53 Å². The minimum atomic E-state index is -0.257. The fourth-order valence-corrected chi connectivity index (χ4v) is 2.64. The predicted octanol–water partition coefficient (Wildman–Crippen LogP) is 2.09. The molecule has 1 unspecified atom stereocenters. The third kappa shape index (κ3) is 5.00. The summed E-state index contributed by atoms with van der Waals surface area (Å²) in [6, 6.07) is 8.77. The Morgan fingerprint density at radius 2 is 1.96 bits per heavy atom. The topological polar surface area (TPSA) is 105 Å². The fourth-order valence-electron chi connectivity index (χ4n) is 2.64. The summed E-state index contributed by atoms with van der Waals surface area (Å²) in [5, 5.41) is 8.65. The van der Waals surface area contributed by atoms with Crippen LogP contribution in [0.25, 0.3) is 0 Å². The van der Waals surface area contributed by atoms with Crippen molar-refractivity contribution in [1.82, 2.24) is 15.3 Å². The fraction of sp³-hybridized carbons (Fsp3) is 0.333. The predicted molar refractivity (Wildman–Crippen MR) is 97.4 cm³/mol. The Morgan fingerprint density at radius 3 is 2.65 bits per heavy atom. The molecule has 1 fully saturated rings. The molecule has 0 aliphatic carbocycles. The number of nitrogens with zero attached hydrogens (tertiary/aromatic N) is 2. The van der Waals surface area contributed by atoms with Gasteiger partial charge in [-0.2, -0.15) is 0 Å². The number of nitrogens with one attached hydrogen (secondary N) is 3. The Hall–Kier alpha value is -3.00. The van der Waals surface area contributed by atoms with Crippen LogP contribution < -0.4 is 16.0 Å². The van der Waals surface area contributed by atoms with Gasteiger partial charge >= 0.3 is 0 Å². The second kappa shape index (κ2) is 8.39. The highest BCUT2D eigenvalue weighted by Crippen LogP contribution is 2.18. The van der Waals surface area contributed by atoms with E-state index in [1.165, 1.54) is 13.3 Å². The molecule has 0 spiro atoms. The van der Waals surface area contributed by atoms with Gasteiger partial charge in [0.05, 0.1) is 6.10 Å². The zero-order chi connectivity index (χ0) is 18.4. The SMILES string of the molecule is CC(=O)Nc1ccc(Nc2cc(C(=O)NCC3CCCO3)ncn2)cc1. The molecule has 0 radical (unpaired) electrons. The maximum atomic E-state index is 12.2. The maximum absolute atomic E-state index is 12.2. The van der Waals surface area contributed by atoms with E-state index < -0.39 is 0 Å². The van der Waals surface area contributed by atoms with Crippen LogP contribution in [0.15, 0.2) is 36.7 Å². The molecule has 136 valence electrons. The number of hydrogen-bond acceptors (Lipinski definition) is 6. The van der Waals surface area contributed by atoms with Gasteiger partial charge in [0.15, 0.2) is 0 Å². The Labute approximate surface area is 151 Å². The van der Waals surface area contributed by atoms with Crippen molar-refractivity contribution in [2.75, 3.05) is 23.8 Å². The Balaban J connectivity index is 1.59. The molecule has 0 saturated carbocycles.